The maximum Gasteiger partial charge on any atom is 0.327 e. The number of hydrogen-bond acceptors (Lipinski definition) is 9. The fourth-order valence-electron chi connectivity index (χ4n) is 4.17. The number of benzene rings is 1. The number of carbonyl (C=O) groups is 1. The number of aromatic nitrogens is 4. The molecular weight excluding hydrogens is 441 g/mol. The van der Waals surface area contributed by atoms with Gasteiger partial charge in [-0.3, -0.25) is 4.79 Å². The molecular formula is C23H24FN7O3. The van der Waals surface area contributed by atoms with E-state index in [0.717, 1.165) is 19.0 Å². The molecule has 2 saturated heterocycles. The van der Waals surface area contributed by atoms with E-state index in [4.69, 9.17) is 15.2 Å². The van der Waals surface area contributed by atoms with E-state index in [9.17, 15) is 9.18 Å². The fourth-order valence-corrected chi connectivity index (χ4v) is 4.17. The topological polar surface area (TPSA) is 120 Å². The van der Waals surface area contributed by atoms with Crippen LogP contribution in [0, 0.1) is 11.7 Å². The molecule has 0 aliphatic carbocycles. The lowest BCUT2D eigenvalue weighted by atomic mass is 10.1. The first-order chi connectivity index (χ1) is 16.4. The van der Waals surface area contributed by atoms with E-state index in [2.05, 4.69) is 24.8 Å². The van der Waals surface area contributed by atoms with Crippen LogP contribution in [0.3, 0.4) is 0 Å². The summed E-state index contributed by atoms with van der Waals surface area (Å²) in [6.45, 7) is 2.05. The highest BCUT2D eigenvalue weighted by Gasteiger charge is 2.38. The lowest BCUT2D eigenvalue weighted by Crippen LogP contribution is -2.34. The SMILES string of the molecule is CN(C)C(=O)c1ccc(Oc2nc(-c3ccc(N)nc3)nc(N3CC4COCC3C4)n2)c(F)c1. The van der Waals surface area contributed by atoms with Crippen LogP contribution < -0.4 is 15.4 Å². The molecule has 2 fully saturated rings. The van der Waals surface area contributed by atoms with Gasteiger partial charge in [-0.05, 0) is 36.8 Å². The van der Waals surface area contributed by atoms with Gasteiger partial charge in [-0.25, -0.2) is 9.37 Å². The van der Waals surface area contributed by atoms with Crippen molar-refractivity contribution in [1.82, 2.24) is 24.8 Å². The van der Waals surface area contributed by atoms with Crippen LogP contribution in [0.5, 0.6) is 11.8 Å². The first-order valence-electron chi connectivity index (χ1n) is 10.9. The standard InChI is InChI=1S/C23H24FN7O3/c1-30(2)21(32)14-3-5-18(17(24)8-14)34-23-28-20(15-4-6-19(25)26-9-15)27-22(29-23)31-10-13-7-16(31)12-33-11-13/h3-6,8-9,13,16H,7,10-12H2,1-2H3,(H2,25,26). The zero-order valence-corrected chi connectivity index (χ0v) is 18.8. The molecule has 2 bridgehead atoms. The van der Waals surface area contributed by atoms with Crippen LogP contribution in [0.2, 0.25) is 0 Å². The Morgan fingerprint density at radius 2 is 2.06 bits per heavy atom. The van der Waals surface area contributed by atoms with E-state index in [0.29, 0.717) is 42.3 Å². The molecule has 0 radical (unpaired) electrons. The number of anilines is 2. The average molecular weight is 465 g/mol. The summed E-state index contributed by atoms with van der Waals surface area (Å²) in [6.07, 6.45) is 2.56. The summed E-state index contributed by atoms with van der Waals surface area (Å²) in [5.41, 5.74) is 6.54. The van der Waals surface area contributed by atoms with Gasteiger partial charge in [0, 0.05) is 43.9 Å². The number of nitrogens with two attached hydrogens (primary N) is 1. The van der Waals surface area contributed by atoms with E-state index >= 15 is 0 Å². The predicted molar refractivity (Wildman–Crippen MR) is 122 cm³/mol. The van der Waals surface area contributed by atoms with Crippen LogP contribution in [0.4, 0.5) is 16.2 Å². The Hall–Kier alpha value is -3.86. The number of hydrogen-bond donors (Lipinski definition) is 1. The number of pyridine rings is 1. The number of nitrogens with zero attached hydrogens (tertiary/aromatic N) is 6. The van der Waals surface area contributed by atoms with Gasteiger partial charge < -0.3 is 25.0 Å². The monoisotopic (exact) mass is 465 g/mol. The van der Waals surface area contributed by atoms with Gasteiger partial charge in [0.1, 0.15) is 5.82 Å². The van der Waals surface area contributed by atoms with Gasteiger partial charge in [0.25, 0.3) is 5.91 Å². The molecule has 2 aromatic heterocycles. The third-order valence-electron chi connectivity index (χ3n) is 5.86. The molecule has 2 atom stereocenters. The minimum Gasteiger partial charge on any atom is -0.421 e. The summed E-state index contributed by atoms with van der Waals surface area (Å²) in [6, 6.07) is 7.50. The number of fused-ring (bicyclic) bond motifs is 2. The van der Waals surface area contributed by atoms with Gasteiger partial charge in [-0.2, -0.15) is 15.0 Å². The van der Waals surface area contributed by atoms with Crippen LogP contribution in [-0.2, 0) is 4.74 Å². The van der Waals surface area contributed by atoms with Gasteiger partial charge >= 0.3 is 6.01 Å². The molecule has 4 heterocycles. The third kappa shape index (κ3) is 4.34. The van der Waals surface area contributed by atoms with Crippen molar-refractivity contribution >= 4 is 17.7 Å². The Balaban J connectivity index is 1.50. The van der Waals surface area contributed by atoms with E-state index in [-0.39, 0.29) is 29.3 Å². The summed E-state index contributed by atoms with van der Waals surface area (Å²) in [7, 11) is 3.20. The molecule has 2 aliphatic heterocycles. The van der Waals surface area contributed by atoms with E-state index in [1.165, 1.54) is 17.0 Å². The second kappa shape index (κ2) is 8.82. The molecule has 11 heteroatoms. The average Bonchev–Trinajstić information content (AvgIpc) is 3.13. The Morgan fingerprint density at radius 1 is 1.21 bits per heavy atom. The number of halogens is 1. The number of rotatable bonds is 5. The summed E-state index contributed by atoms with van der Waals surface area (Å²) < 4.78 is 26.2. The maximum atomic E-state index is 14.8. The molecule has 1 aromatic carbocycles. The first-order valence-corrected chi connectivity index (χ1v) is 10.9. The molecule has 2 unspecified atom stereocenters. The second-order valence-corrected chi connectivity index (χ2v) is 8.61. The molecule has 34 heavy (non-hydrogen) atoms. The van der Waals surface area contributed by atoms with Crippen molar-refractivity contribution < 1.29 is 18.7 Å². The summed E-state index contributed by atoms with van der Waals surface area (Å²) in [5, 5.41) is 0. The minimum absolute atomic E-state index is 0.0650. The van der Waals surface area contributed by atoms with Gasteiger partial charge in [-0.1, -0.05) is 0 Å². The van der Waals surface area contributed by atoms with E-state index in [1.807, 2.05) is 0 Å². The predicted octanol–water partition coefficient (Wildman–Crippen LogP) is 2.37. The molecule has 1 amide bonds. The van der Waals surface area contributed by atoms with Crippen LogP contribution >= 0.6 is 0 Å². The smallest absolute Gasteiger partial charge is 0.327 e. The van der Waals surface area contributed by atoms with Crippen molar-refractivity contribution in [2.75, 3.05) is 44.5 Å². The normalized spacial score (nSPS) is 19.2. The fraction of sp³-hybridized carbons (Fsp3) is 0.348. The molecule has 0 spiro atoms. The molecule has 3 aromatic rings. The molecule has 10 nitrogen and oxygen atoms in total. The summed E-state index contributed by atoms with van der Waals surface area (Å²) in [5.74, 6) is 0.418. The van der Waals surface area contributed by atoms with Gasteiger partial charge in [0.05, 0.1) is 19.3 Å². The lowest BCUT2D eigenvalue weighted by Gasteiger charge is -2.24. The van der Waals surface area contributed by atoms with Crippen molar-refractivity contribution in [3.05, 3.63) is 47.9 Å². The number of ether oxygens (including phenoxy) is 2. The Morgan fingerprint density at radius 3 is 2.76 bits per heavy atom. The third-order valence-corrected chi connectivity index (χ3v) is 5.86. The molecule has 176 valence electrons. The zero-order valence-electron chi connectivity index (χ0n) is 18.8. The van der Waals surface area contributed by atoms with Crippen LogP contribution in [0.15, 0.2) is 36.5 Å². The number of carbonyl (C=O) groups excluding carboxylic acids is 1. The number of amides is 1. The molecule has 2 N–H and O–H groups in total. The van der Waals surface area contributed by atoms with Crippen LogP contribution in [0.25, 0.3) is 11.4 Å². The first kappa shape index (κ1) is 22.0. The van der Waals surface area contributed by atoms with Crippen molar-refractivity contribution in [1.29, 1.82) is 0 Å². The molecule has 2 aliphatic rings. The van der Waals surface area contributed by atoms with E-state index in [1.54, 1.807) is 32.4 Å². The maximum absolute atomic E-state index is 14.8. The highest BCUT2D eigenvalue weighted by molar-refractivity contribution is 5.94. The Kier molecular flexibility index (Phi) is 5.70. The van der Waals surface area contributed by atoms with Gasteiger partial charge in [0.15, 0.2) is 17.4 Å². The van der Waals surface area contributed by atoms with Gasteiger partial charge in [0.2, 0.25) is 5.95 Å². The van der Waals surface area contributed by atoms with Gasteiger partial charge in [-0.15, -0.1) is 0 Å². The quantitative estimate of drug-likeness (QED) is 0.605. The molecule has 0 saturated carbocycles. The van der Waals surface area contributed by atoms with E-state index < -0.39 is 5.82 Å². The lowest BCUT2D eigenvalue weighted by molar-refractivity contribution is 0.0700. The van der Waals surface area contributed by atoms with Crippen LogP contribution in [-0.4, -0.2) is 70.6 Å². The number of nitrogen functional groups attached to an aromatic ring is 1. The second-order valence-electron chi connectivity index (χ2n) is 8.61. The summed E-state index contributed by atoms with van der Waals surface area (Å²) in [4.78, 5) is 33.2. The van der Waals surface area contributed by atoms with Crippen molar-refractivity contribution in [3.8, 4) is 23.1 Å². The minimum atomic E-state index is -0.698. The Bertz CT molecular complexity index is 1220. The zero-order chi connectivity index (χ0) is 23.8. The summed E-state index contributed by atoms with van der Waals surface area (Å²) >= 11 is 0. The van der Waals surface area contributed by atoms with Crippen molar-refractivity contribution in [2.24, 2.45) is 5.92 Å². The molecule has 5 rings (SSSR count). The van der Waals surface area contributed by atoms with Crippen molar-refractivity contribution in [3.63, 3.8) is 0 Å². The largest absolute Gasteiger partial charge is 0.421 e. The Labute approximate surface area is 195 Å². The highest BCUT2D eigenvalue weighted by atomic mass is 19.1. The van der Waals surface area contributed by atoms with Crippen molar-refractivity contribution in [2.45, 2.75) is 12.5 Å². The highest BCUT2D eigenvalue weighted by Crippen LogP contribution is 2.33. The van der Waals surface area contributed by atoms with Crippen LogP contribution in [0.1, 0.15) is 16.8 Å².